The van der Waals surface area contributed by atoms with Gasteiger partial charge in [-0.25, -0.2) is 0 Å². The molecule has 0 radical (unpaired) electrons. The highest BCUT2D eigenvalue weighted by molar-refractivity contribution is 6.02. The number of benzene rings is 2. The predicted molar refractivity (Wildman–Crippen MR) is 105 cm³/mol. The Hall–Kier alpha value is -3.48. The molecule has 0 aliphatic carbocycles. The predicted octanol–water partition coefficient (Wildman–Crippen LogP) is 5.93. The van der Waals surface area contributed by atoms with E-state index in [1.54, 1.807) is 12.1 Å². The van der Waals surface area contributed by atoms with Crippen LogP contribution >= 0.6 is 0 Å². The number of anilines is 1. The van der Waals surface area contributed by atoms with Crippen LogP contribution in [0.5, 0.6) is 5.75 Å². The van der Waals surface area contributed by atoms with Crippen molar-refractivity contribution in [3.8, 4) is 17.1 Å². The number of furan rings is 1. The molecule has 0 bridgehead atoms. The molecule has 4 nitrogen and oxygen atoms in total. The summed E-state index contributed by atoms with van der Waals surface area (Å²) in [6, 6.07) is 13.5. The minimum Gasteiger partial charge on any atom is -0.495 e. The van der Waals surface area contributed by atoms with Gasteiger partial charge in [-0.1, -0.05) is 24.3 Å². The summed E-state index contributed by atoms with van der Waals surface area (Å²) in [6.45, 7) is 1.88. The number of aryl methyl sites for hydroxylation is 1. The van der Waals surface area contributed by atoms with Crippen LogP contribution in [0.1, 0.15) is 16.9 Å². The van der Waals surface area contributed by atoms with Gasteiger partial charge in [0.1, 0.15) is 17.3 Å². The van der Waals surface area contributed by atoms with Crippen LogP contribution in [0.4, 0.5) is 18.9 Å². The van der Waals surface area contributed by atoms with E-state index in [0.717, 1.165) is 11.6 Å². The average molecular weight is 401 g/mol. The maximum atomic E-state index is 13.2. The van der Waals surface area contributed by atoms with Gasteiger partial charge in [-0.05, 0) is 48.9 Å². The molecular formula is C22H18F3NO3. The smallest absolute Gasteiger partial charge is 0.417 e. The third kappa shape index (κ3) is 4.87. The number of carbonyl (C=O) groups excluding carboxylic acids is 1. The van der Waals surface area contributed by atoms with Crippen molar-refractivity contribution in [2.24, 2.45) is 0 Å². The fourth-order valence-electron chi connectivity index (χ4n) is 2.78. The molecule has 0 spiro atoms. The van der Waals surface area contributed by atoms with Gasteiger partial charge >= 0.3 is 6.18 Å². The Morgan fingerprint density at radius 3 is 2.59 bits per heavy atom. The van der Waals surface area contributed by atoms with Crippen molar-refractivity contribution < 1.29 is 27.1 Å². The highest BCUT2D eigenvalue weighted by atomic mass is 19.4. The first-order valence-corrected chi connectivity index (χ1v) is 8.68. The van der Waals surface area contributed by atoms with Gasteiger partial charge in [-0.3, -0.25) is 4.79 Å². The summed E-state index contributed by atoms with van der Waals surface area (Å²) < 4.78 is 50.2. The molecule has 7 heteroatoms. The van der Waals surface area contributed by atoms with E-state index in [1.807, 2.05) is 13.0 Å². The van der Waals surface area contributed by atoms with E-state index < -0.39 is 17.6 Å². The standard InChI is InChI=1S/C22H18F3NO3/c1-14-7-10-20(28-2)18(13-14)26-21(27)12-9-15-8-11-19(29-15)16-5-3-4-6-17(16)22(23,24)25/h3-13H,1-2H3,(H,26,27)/b12-9+. The monoisotopic (exact) mass is 401 g/mol. The summed E-state index contributed by atoms with van der Waals surface area (Å²) in [7, 11) is 1.50. The minimum absolute atomic E-state index is 0.0615. The molecule has 0 aliphatic rings. The molecule has 2 aromatic carbocycles. The molecule has 0 aliphatic heterocycles. The number of halogens is 3. The van der Waals surface area contributed by atoms with Gasteiger partial charge in [0.2, 0.25) is 5.91 Å². The first kappa shape index (κ1) is 20.3. The largest absolute Gasteiger partial charge is 0.495 e. The van der Waals surface area contributed by atoms with Crippen molar-refractivity contribution >= 4 is 17.7 Å². The van der Waals surface area contributed by atoms with Gasteiger partial charge < -0.3 is 14.5 Å². The number of amides is 1. The third-order valence-electron chi connectivity index (χ3n) is 4.14. The number of hydrogen-bond donors (Lipinski definition) is 1. The van der Waals surface area contributed by atoms with Crippen molar-refractivity contribution in [2.45, 2.75) is 13.1 Å². The lowest BCUT2D eigenvalue weighted by molar-refractivity contribution is -0.137. The minimum atomic E-state index is -4.49. The zero-order chi connectivity index (χ0) is 21.0. The van der Waals surface area contributed by atoms with Gasteiger partial charge in [0, 0.05) is 11.6 Å². The van der Waals surface area contributed by atoms with Gasteiger partial charge in [0.05, 0.1) is 18.4 Å². The number of alkyl halides is 3. The highest BCUT2D eigenvalue weighted by Gasteiger charge is 2.34. The summed E-state index contributed by atoms with van der Waals surface area (Å²) in [5.41, 5.74) is 0.619. The second-order valence-electron chi connectivity index (χ2n) is 6.27. The fourth-order valence-corrected chi connectivity index (χ4v) is 2.78. The quantitative estimate of drug-likeness (QED) is 0.539. The number of nitrogens with one attached hydrogen (secondary N) is 1. The average Bonchev–Trinajstić information content (AvgIpc) is 3.15. The lowest BCUT2D eigenvalue weighted by atomic mass is 10.1. The Labute approximate surface area is 165 Å². The van der Waals surface area contributed by atoms with Crippen LogP contribution in [-0.4, -0.2) is 13.0 Å². The fraction of sp³-hybridized carbons (Fsp3) is 0.136. The highest BCUT2D eigenvalue weighted by Crippen LogP contribution is 2.37. The summed E-state index contributed by atoms with van der Waals surface area (Å²) in [6.07, 6.45) is -1.87. The molecular weight excluding hydrogens is 383 g/mol. The maximum absolute atomic E-state index is 13.2. The van der Waals surface area contributed by atoms with Crippen molar-refractivity contribution in [3.63, 3.8) is 0 Å². The SMILES string of the molecule is COc1ccc(C)cc1NC(=O)/C=C/c1ccc(-c2ccccc2C(F)(F)F)o1. The zero-order valence-corrected chi connectivity index (χ0v) is 15.7. The second-order valence-corrected chi connectivity index (χ2v) is 6.27. The molecule has 0 fully saturated rings. The van der Waals surface area contributed by atoms with E-state index >= 15 is 0 Å². The van der Waals surface area contributed by atoms with E-state index in [0.29, 0.717) is 11.4 Å². The van der Waals surface area contributed by atoms with Crippen molar-refractivity contribution in [3.05, 3.63) is 77.6 Å². The van der Waals surface area contributed by atoms with Crippen LogP contribution in [0, 0.1) is 6.92 Å². The molecule has 3 aromatic rings. The van der Waals surface area contributed by atoms with Crippen LogP contribution < -0.4 is 10.1 Å². The molecule has 1 heterocycles. The number of rotatable bonds is 5. The summed E-state index contributed by atoms with van der Waals surface area (Å²) in [4.78, 5) is 12.2. The number of hydrogen-bond acceptors (Lipinski definition) is 3. The third-order valence-corrected chi connectivity index (χ3v) is 4.14. The number of carbonyl (C=O) groups is 1. The molecule has 0 saturated carbocycles. The Bertz CT molecular complexity index is 1050. The Morgan fingerprint density at radius 2 is 1.86 bits per heavy atom. The van der Waals surface area contributed by atoms with Crippen molar-refractivity contribution in [1.82, 2.24) is 0 Å². The molecule has 1 N–H and O–H groups in total. The Morgan fingerprint density at radius 1 is 1.10 bits per heavy atom. The summed E-state index contributed by atoms with van der Waals surface area (Å²) in [5.74, 6) is 0.408. The molecule has 1 amide bonds. The van der Waals surface area contributed by atoms with Gasteiger partial charge in [-0.15, -0.1) is 0 Å². The molecule has 3 rings (SSSR count). The van der Waals surface area contributed by atoms with Gasteiger partial charge in [-0.2, -0.15) is 13.2 Å². The second kappa shape index (κ2) is 8.26. The molecule has 29 heavy (non-hydrogen) atoms. The molecule has 0 saturated heterocycles. The lowest BCUT2D eigenvalue weighted by Gasteiger charge is -2.10. The summed E-state index contributed by atoms with van der Waals surface area (Å²) in [5, 5.41) is 2.70. The topological polar surface area (TPSA) is 51.5 Å². The van der Waals surface area contributed by atoms with E-state index in [2.05, 4.69) is 5.32 Å². The van der Waals surface area contributed by atoms with E-state index in [4.69, 9.17) is 9.15 Å². The first-order chi connectivity index (χ1) is 13.8. The van der Waals surface area contributed by atoms with E-state index in [9.17, 15) is 18.0 Å². The first-order valence-electron chi connectivity index (χ1n) is 8.68. The van der Waals surface area contributed by atoms with Gasteiger partial charge in [0.15, 0.2) is 0 Å². The van der Waals surface area contributed by atoms with Gasteiger partial charge in [0.25, 0.3) is 0 Å². The van der Waals surface area contributed by atoms with E-state index in [-0.39, 0.29) is 17.1 Å². The van der Waals surface area contributed by atoms with Crippen molar-refractivity contribution in [2.75, 3.05) is 12.4 Å². The molecule has 0 atom stereocenters. The normalized spacial score (nSPS) is 11.6. The number of methoxy groups -OCH3 is 1. The summed E-state index contributed by atoms with van der Waals surface area (Å²) >= 11 is 0. The Balaban J connectivity index is 1.77. The number of ether oxygens (including phenoxy) is 1. The van der Waals surface area contributed by atoms with E-state index in [1.165, 1.54) is 49.6 Å². The van der Waals surface area contributed by atoms with Crippen molar-refractivity contribution in [1.29, 1.82) is 0 Å². The zero-order valence-electron chi connectivity index (χ0n) is 15.7. The lowest BCUT2D eigenvalue weighted by Crippen LogP contribution is -2.09. The van der Waals surface area contributed by atoms with Crippen LogP contribution in [0.3, 0.4) is 0 Å². The molecule has 1 aromatic heterocycles. The molecule has 150 valence electrons. The Kier molecular flexibility index (Phi) is 5.77. The maximum Gasteiger partial charge on any atom is 0.417 e. The van der Waals surface area contributed by atoms with Crippen LogP contribution in [0.2, 0.25) is 0 Å². The van der Waals surface area contributed by atoms with Crippen LogP contribution in [0.15, 0.2) is 65.1 Å². The molecule has 0 unspecified atom stereocenters. The van der Waals surface area contributed by atoms with Crippen LogP contribution in [0.25, 0.3) is 17.4 Å². The van der Waals surface area contributed by atoms with Crippen LogP contribution in [-0.2, 0) is 11.0 Å².